The van der Waals surface area contributed by atoms with Crippen molar-refractivity contribution < 1.29 is 14.3 Å². The summed E-state index contributed by atoms with van der Waals surface area (Å²) in [7, 11) is 1.36. The molecule has 0 bridgehead atoms. The van der Waals surface area contributed by atoms with E-state index < -0.39 is 0 Å². The van der Waals surface area contributed by atoms with Crippen molar-refractivity contribution in [2.75, 3.05) is 7.11 Å². The van der Waals surface area contributed by atoms with Crippen LogP contribution in [0.15, 0.2) is 77.9 Å². The van der Waals surface area contributed by atoms with Gasteiger partial charge in [0.2, 0.25) is 5.91 Å². The van der Waals surface area contributed by atoms with Gasteiger partial charge in [0.25, 0.3) is 0 Å². The Balaban J connectivity index is 1.46. The van der Waals surface area contributed by atoms with Crippen LogP contribution in [0.1, 0.15) is 32.9 Å². The molecule has 0 spiro atoms. The van der Waals surface area contributed by atoms with Crippen molar-refractivity contribution in [1.82, 2.24) is 9.99 Å². The number of fused-ring (bicyclic) bond motifs is 1. The molecule has 1 N–H and O–H groups in total. The fraction of sp³-hybridized carbons (Fsp3) is 0.148. The van der Waals surface area contributed by atoms with Crippen molar-refractivity contribution in [2.45, 2.75) is 20.3 Å². The number of amides is 1. The van der Waals surface area contributed by atoms with E-state index in [0.29, 0.717) is 5.56 Å². The molecule has 0 aliphatic rings. The van der Waals surface area contributed by atoms with Crippen molar-refractivity contribution in [1.29, 1.82) is 0 Å². The van der Waals surface area contributed by atoms with E-state index in [1.165, 1.54) is 7.11 Å². The Morgan fingerprint density at radius 2 is 1.73 bits per heavy atom. The zero-order chi connectivity index (χ0) is 23.4. The number of nitrogens with one attached hydrogen (secondary N) is 1. The fourth-order valence-electron chi connectivity index (χ4n) is 4.01. The zero-order valence-electron chi connectivity index (χ0n) is 18.8. The third-order valence-electron chi connectivity index (χ3n) is 5.64. The van der Waals surface area contributed by atoms with Crippen molar-refractivity contribution in [3.8, 4) is 5.69 Å². The molecule has 1 heterocycles. The van der Waals surface area contributed by atoms with Crippen molar-refractivity contribution in [3.05, 3.63) is 101 Å². The van der Waals surface area contributed by atoms with Gasteiger partial charge >= 0.3 is 5.97 Å². The quantitative estimate of drug-likeness (QED) is 0.268. The Hall–Kier alpha value is -4.19. The van der Waals surface area contributed by atoms with Gasteiger partial charge in [0, 0.05) is 22.6 Å². The molecule has 0 atom stereocenters. The minimum absolute atomic E-state index is 0.171. The summed E-state index contributed by atoms with van der Waals surface area (Å²) in [6.45, 7) is 3.98. The number of hydrazone groups is 1. The van der Waals surface area contributed by atoms with Crippen LogP contribution in [0.25, 0.3) is 16.5 Å². The Bertz CT molecular complexity index is 1350. The van der Waals surface area contributed by atoms with Crippen LogP contribution in [0, 0.1) is 13.8 Å². The smallest absolute Gasteiger partial charge is 0.337 e. The highest BCUT2D eigenvalue weighted by atomic mass is 16.5. The second-order valence-electron chi connectivity index (χ2n) is 7.81. The topological polar surface area (TPSA) is 72.7 Å². The second kappa shape index (κ2) is 9.53. The van der Waals surface area contributed by atoms with Crippen LogP contribution in [0.3, 0.4) is 0 Å². The van der Waals surface area contributed by atoms with Crippen LogP contribution in [0.4, 0.5) is 0 Å². The van der Waals surface area contributed by atoms with Gasteiger partial charge in [0.05, 0.1) is 25.3 Å². The number of aryl methyl sites for hydroxylation is 1. The van der Waals surface area contributed by atoms with Gasteiger partial charge in [-0.3, -0.25) is 4.79 Å². The van der Waals surface area contributed by atoms with Gasteiger partial charge in [-0.05, 0) is 60.5 Å². The van der Waals surface area contributed by atoms with Gasteiger partial charge in [-0.15, -0.1) is 0 Å². The number of benzene rings is 3. The van der Waals surface area contributed by atoms with Crippen molar-refractivity contribution in [3.63, 3.8) is 0 Å². The van der Waals surface area contributed by atoms with Gasteiger partial charge in [-0.1, -0.05) is 42.5 Å². The molecule has 166 valence electrons. The molecule has 1 amide bonds. The van der Waals surface area contributed by atoms with E-state index in [1.54, 1.807) is 18.3 Å². The first-order chi connectivity index (χ1) is 16.0. The van der Waals surface area contributed by atoms with Crippen LogP contribution in [0.2, 0.25) is 0 Å². The molecular weight excluding hydrogens is 414 g/mol. The molecule has 6 heteroatoms. The van der Waals surface area contributed by atoms with Gasteiger partial charge in [-0.25, -0.2) is 10.2 Å². The molecule has 1 aromatic heterocycles. The van der Waals surface area contributed by atoms with Gasteiger partial charge in [-0.2, -0.15) is 5.10 Å². The minimum atomic E-state index is -0.366. The number of hydrogen-bond acceptors (Lipinski definition) is 4. The number of esters is 1. The standard InChI is InChI=1S/C27H25N3O3/c1-18-15-23(19(2)30(18)24-13-11-21(12-14-24)27(32)33-3)17-28-29-26(31)16-22-9-6-8-20-7-4-5-10-25(20)22/h4-15,17H,16H2,1-3H3,(H,29,31)/b28-17-. The van der Waals surface area contributed by atoms with E-state index in [-0.39, 0.29) is 18.3 Å². The Morgan fingerprint density at radius 1 is 1.00 bits per heavy atom. The number of hydrogen-bond donors (Lipinski definition) is 1. The lowest BCUT2D eigenvalue weighted by molar-refractivity contribution is -0.120. The summed E-state index contributed by atoms with van der Waals surface area (Å²) >= 11 is 0. The van der Waals surface area contributed by atoms with E-state index in [0.717, 1.165) is 39.0 Å². The molecule has 0 fully saturated rings. The number of carbonyl (C=O) groups excluding carboxylic acids is 2. The molecule has 33 heavy (non-hydrogen) atoms. The lowest BCUT2D eigenvalue weighted by Crippen LogP contribution is -2.19. The molecule has 0 aliphatic heterocycles. The number of methoxy groups -OCH3 is 1. The Labute approximate surface area is 192 Å². The van der Waals surface area contributed by atoms with E-state index in [4.69, 9.17) is 4.74 Å². The van der Waals surface area contributed by atoms with Crippen molar-refractivity contribution >= 4 is 28.9 Å². The van der Waals surface area contributed by atoms with Gasteiger partial charge in [0.1, 0.15) is 0 Å². The normalized spacial score (nSPS) is 11.1. The largest absolute Gasteiger partial charge is 0.465 e. The Morgan fingerprint density at radius 3 is 2.48 bits per heavy atom. The summed E-state index contributed by atoms with van der Waals surface area (Å²) in [5, 5.41) is 6.36. The molecule has 0 radical (unpaired) electrons. The maximum atomic E-state index is 12.5. The molecule has 4 aromatic rings. The minimum Gasteiger partial charge on any atom is -0.465 e. The van der Waals surface area contributed by atoms with E-state index >= 15 is 0 Å². The lowest BCUT2D eigenvalue weighted by Gasteiger charge is -2.10. The summed E-state index contributed by atoms with van der Waals surface area (Å²) in [5.74, 6) is -0.538. The van der Waals surface area contributed by atoms with Crippen LogP contribution in [-0.4, -0.2) is 29.8 Å². The van der Waals surface area contributed by atoms with E-state index in [1.807, 2.05) is 74.5 Å². The second-order valence-corrected chi connectivity index (χ2v) is 7.81. The molecule has 4 rings (SSSR count). The third-order valence-corrected chi connectivity index (χ3v) is 5.64. The maximum absolute atomic E-state index is 12.5. The molecule has 0 aliphatic carbocycles. The highest BCUT2D eigenvalue weighted by Crippen LogP contribution is 2.21. The van der Waals surface area contributed by atoms with Gasteiger partial charge < -0.3 is 9.30 Å². The summed E-state index contributed by atoms with van der Waals surface area (Å²) in [5.41, 5.74) is 7.92. The highest BCUT2D eigenvalue weighted by molar-refractivity contribution is 5.91. The average molecular weight is 440 g/mol. The molecule has 3 aromatic carbocycles. The van der Waals surface area contributed by atoms with E-state index in [2.05, 4.69) is 15.1 Å². The molecule has 6 nitrogen and oxygen atoms in total. The van der Waals surface area contributed by atoms with Crippen LogP contribution >= 0.6 is 0 Å². The molecule has 0 saturated heterocycles. The number of ether oxygens (including phenoxy) is 1. The van der Waals surface area contributed by atoms with Crippen LogP contribution < -0.4 is 5.43 Å². The maximum Gasteiger partial charge on any atom is 0.337 e. The molecule has 0 unspecified atom stereocenters. The van der Waals surface area contributed by atoms with Crippen LogP contribution in [-0.2, 0) is 16.0 Å². The number of nitrogens with zero attached hydrogens (tertiary/aromatic N) is 2. The van der Waals surface area contributed by atoms with Crippen LogP contribution in [0.5, 0.6) is 0 Å². The first-order valence-electron chi connectivity index (χ1n) is 10.6. The number of aromatic nitrogens is 1. The lowest BCUT2D eigenvalue weighted by atomic mass is 10.0. The number of carbonyl (C=O) groups is 2. The van der Waals surface area contributed by atoms with Gasteiger partial charge in [0.15, 0.2) is 0 Å². The average Bonchev–Trinajstić information content (AvgIpc) is 3.11. The summed E-state index contributed by atoms with van der Waals surface area (Å²) in [6.07, 6.45) is 1.91. The molecular formula is C27H25N3O3. The molecule has 0 saturated carbocycles. The summed E-state index contributed by atoms with van der Waals surface area (Å²) in [4.78, 5) is 24.1. The first-order valence-corrected chi connectivity index (χ1v) is 10.6. The SMILES string of the molecule is COC(=O)c1ccc(-n2c(C)cc(/C=N\NC(=O)Cc3cccc4ccccc34)c2C)cc1. The monoisotopic (exact) mass is 439 g/mol. The van der Waals surface area contributed by atoms with Crippen molar-refractivity contribution in [2.24, 2.45) is 5.10 Å². The zero-order valence-corrected chi connectivity index (χ0v) is 18.8. The predicted molar refractivity (Wildman–Crippen MR) is 130 cm³/mol. The highest BCUT2D eigenvalue weighted by Gasteiger charge is 2.11. The Kier molecular flexibility index (Phi) is 6.36. The fourth-order valence-corrected chi connectivity index (χ4v) is 4.01. The summed E-state index contributed by atoms with van der Waals surface area (Å²) < 4.78 is 6.83. The first kappa shape index (κ1) is 22.0. The third kappa shape index (κ3) is 4.70. The number of rotatable bonds is 6. The van der Waals surface area contributed by atoms with E-state index in [9.17, 15) is 9.59 Å². The predicted octanol–water partition coefficient (Wildman–Crippen LogP) is 4.73. The summed E-state index contributed by atoms with van der Waals surface area (Å²) in [6, 6.07) is 23.2.